The summed E-state index contributed by atoms with van der Waals surface area (Å²) >= 11 is 0. The summed E-state index contributed by atoms with van der Waals surface area (Å²) in [6.07, 6.45) is 0. The summed E-state index contributed by atoms with van der Waals surface area (Å²) in [7, 11) is 0. The lowest BCUT2D eigenvalue weighted by molar-refractivity contribution is -0.119. The van der Waals surface area contributed by atoms with Crippen molar-refractivity contribution in [2.75, 3.05) is 11.1 Å². The van der Waals surface area contributed by atoms with Crippen LogP contribution < -0.4 is 16.8 Å². The van der Waals surface area contributed by atoms with Crippen molar-refractivity contribution in [3.05, 3.63) is 11.4 Å². The van der Waals surface area contributed by atoms with E-state index in [-0.39, 0.29) is 5.92 Å². The normalized spacial score (nSPS) is 12.5. The van der Waals surface area contributed by atoms with Gasteiger partial charge in [-0.1, -0.05) is 13.8 Å². The molecule has 0 saturated heterocycles. The highest BCUT2D eigenvalue weighted by Crippen LogP contribution is 2.19. The first kappa shape index (κ1) is 13.2. The van der Waals surface area contributed by atoms with Gasteiger partial charge in [0.15, 0.2) is 0 Å². The van der Waals surface area contributed by atoms with Gasteiger partial charge < -0.3 is 16.8 Å². The number of anilines is 2. The van der Waals surface area contributed by atoms with Gasteiger partial charge in [0.05, 0.1) is 0 Å². The number of rotatable bonds is 4. The summed E-state index contributed by atoms with van der Waals surface area (Å²) in [6, 6.07) is -0.470. The largest absolute Gasteiger partial charge is 0.383 e. The number of nitrogens with one attached hydrogen (secondary N) is 1. The standard InChI is InChI=1S/C11H19N5O/c1-5(2)8(10(13)17)16-11-6(3)9(12)14-7(4)15-11/h5,8H,1-4H3,(H2,13,17)(H3,12,14,15,16). The number of aryl methyl sites for hydroxylation is 1. The number of nitrogens with two attached hydrogens (primary N) is 2. The summed E-state index contributed by atoms with van der Waals surface area (Å²) in [5, 5.41) is 3.02. The lowest BCUT2D eigenvalue weighted by Crippen LogP contribution is -2.40. The quantitative estimate of drug-likeness (QED) is 0.710. The average Bonchev–Trinajstić information content (AvgIpc) is 2.19. The molecule has 0 radical (unpaired) electrons. The molecule has 0 aliphatic rings. The van der Waals surface area contributed by atoms with Gasteiger partial charge in [0.1, 0.15) is 23.5 Å². The van der Waals surface area contributed by atoms with Crippen LogP contribution in [0.2, 0.25) is 0 Å². The Labute approximate surface area is 101 Å². The lowest BCUT2D eigenvalue weighted by atomic mass is 10.0. The molecule has 94 valence electrons. The van der Waals surface area contributed by atoms with Gasteiger partial charge in [-0.3, -0.25) is 4.79 Å². The number of nitrogens with zero attached hydrogens (tertiary/aromatic N) is 2. The fourth-order valence-corrected chi connectivity index (χ4v) is 1.50. The second kappa shape index (κ2) is 4.99. The molecule has 1 heterocycles. The minimum absolute atomic E-state index is 0.0726. The summed E-state index contributed by atoms with van der Waals surface area (Å²) in [6.45, 7) is 7.37. The van der Waals surface area contributed by atoms with E-state index in [1.807, 2.05) is 13.8 Å². The highest BCUT2D eigenvalue weighted by atomic mass is 16.1. The Hall–Kier alpha value is -1.85. The smallest absolute Gasteiger partial charge is 0.240 e. The van der Waals surface area contributed by atoms with Crippen LogP contribution in [0.4, 0.5) is 11.6 Å². The first-order valence-electron chi connectivity index (χ1n) is 5.49. The Balaban J connectivity index is 3.05. The maximum atomic E-state index is 11.3. The van der Waals surface area contributed by atoms with Crippen LogP contribution in [0.3, 0.4) is 0 Å². The zero-order valence-electron chi connectivity index (χ0n) is 10.6. The molecule has 0 spiro atoms. The fraction of sp³-hybridized carbons (Fsp3) is 0.545. The zero-order chi connectivity index (χ0) is 13.2. The van der Waals surface area contributed by atoms with Gasteiger partial charge in [-0.2, -0.15) is 0 Å². The minimum Gasteiger partial charge on any atom is -0.383 e. The van der Waals surface area contributed by atoms with Crippen molar-refractivity contribution >= 4 is 17.5 Å². The third-order valence-electron chi connectivity index (χ3n) is 2.56. The van der Waals surface area contributed by atoms with Crippen LogP contribution in [-0.4, -0.2) is 21.9 Å². The summed E-state index contributed by atoms with van der Waals surface area (Å²) in [5.74, 6) is 1.19. The Morgan fingerprint density at radius 3 is 2.35 bits per heavy atom. The molecule has 1 aromatic rings. The zero-order valence-corrected chi connectivity index (χ0v) is 10.6. The van der Waals surface area contributed by atoms with Crippen LogP contribution in [0, 0.1) is 19.8 Å². The molecule has 5 N–H and O–H groups in total. The molecule has 6 heteroatoms. The van der Waals surface area contributed by atoms with E-state index in [0.717, 1.165) is 5.56 Å². The number of aromatic nitrogens is 2. The number of hydrogen-bond donors (Lipinski definition) is 3. The van der Waals surface area contributed by atoms with E-state index in [9.17, 15) is 4.79 Å². The second-order valence-electron chi connectivity index (χ2n) is 4.40. The van der Waals surface area contributed by atoms with Crippen LogP contribution in [0.1, 0.15) is 25.2 Å². The molecule has 1 aromatic heterocycles. The van der Waals surface area contributed by atoms with E-state index in [1.165, 1.54) is 0 Å². The molecule has 0 aliphatic carbocycles. The van der Waals surface area contributed by atoms with E-state index in [2.05, 4.69) is 15.3 Å². The third kappa shape index (κ3) is 3.05. The highest BCUT2D eigenvalue weighted by Gasteiger charge is 2.21. The van der Waals surface area contributed by atoms with Crippen molar-refractivity contribution in [3.8, 4) is 0 Å². The first-order chi connectivity index (χ1) is 7.82. The molecule has 0 saturated carbocycles. The second-order valence-corrected chi connectivity index (χ2v) is 4.40. The third-order valence-corrected chi connectivity index (χ3v) is 2.56. The molecule has 0 fully saturated rings. The predicted molar refractivity (Wildman–Crippen MR) is 67.4 cm³/mol. The monoisotopic (exact) mass is 237 g/mol. The molecule has 0 aliphatic heterocycles. The van der Waals surface area contributed by atoms with Crippen molar-refractivity contribution in [2.45, 2.75) is 33.7 Å². The van der Waals surface area contributed by atoms with Gasteiger partial charge >= 0.3 is 0 Å². The highest BCUT2D eigenvalue weighted by molar-refractivity contribution is 5.83. The van der Waals surface area contributed by atoms with Crippen molar-refractivity contribution in [1.29, 1.82) is 0 Å². The van der Waals surface area contributed by atoms with Crippen LogP contribution in [0.5, 0.6) is 0 Å². The van der Waals surface area contributed by atoms with Gasteiger partial charge in [-0.25, -0.2) is 9.97 Å². The fourth-order valence-electron chi connectivity index (χ4n) is 1.50. The number of amides is 1. The number of nitrogen functional groups attached to an aromatic ring is 1. The van der Waals surface area contributed by atoms with E-state index in [0.29, 0.717) is 17.5 Å². The van der Waals surface area contributed by atoms with Gasteiger partial charge in [0.25, 0.3) is 0 Å². The van der Waals surface area contributed by atoms with Gasteiger partial charge in [0, 0.05) is 5.56 Å². The van der Waals surface area contributed by atoms with Crippen LogP contribution in [-0.2, 0) is 4.79 Å². The number of primary amides is 1. The molecule has 1 unspecified atom stereocenters. The molecular formula is C11H19N5O. The van der Waals surface area contributed by atoms with E-state index < -0.39 is 11.9 Å². The predicted octanol–water partition coefficient (Wildman–Crippen LogP) is 0.597. The molecule has 17 heavy (non-hydrogen) atoms. The van der Waals surface area contributed by atoms with Crippen LogP contribution in [0.25, 0.3) is 0 Å². The molecule has 1 amide bonds. The Bertz CT molecular complexity index is 430. The Kier molecular flexibility index (Phi) is 3.88. The Morgan fingerprint density at radius 2 is 1.88 bits per heavy atom. The SMILES string of the molecule is Cc1nc(N)c(C)c(NC(C(N)=O)C(C)C)n1. The minimum atomic E-state index is -0.470. The topological polar surface area (TPSA) is 107 Å². The maximum absolute atomic E-state index is 11.3. The number of carbonyl (C=O) groups is 1. The lowest BCUT2D eigenvalue weighted by Gasteiger charge is -2.21. The number of carbonyl (C=O) groups excluding carboxylic acids is 1. The van der Waals surface area contributed by atoms with Crippen molar-refractivity contribution < 1.29 is 4.79 Å². The molecule has 1 rings (SSSR count). The summed E-state index contributed by atoms with van der Waals surface area (Å²) in [4.78, 5) is 19.6. The molecule has 0 bridgehead atoms. The van der Waals surface area contributed by atoms with E-state index in [4.69, 9.17) is 11.5 Å². The van der Waals surface area contributed by atoms with Crippen molar-refractivity contribution in [3.63, 3.8) is 0 Å². The van der Waals surface area contributed by atoms with Gasteiger partial charge in [0.2, 0.25) is 5.91 Å². The summed E-state index contributed by atoms with van der Waals surface area (Å²) < 4.78 is 0. The molecular weight excluding hydrogens is 218 g/mol. The van der Waals surface area contributed by atoms with Crippen molar-refractivity contribution in [1.82, 2.24) is 9.97 Å². The van der Waals surface area contributed by atoms with Gasteiger partial charge in [-0.15, -0.1) is 0 Å². The van der Waals surface area contributed by atoms with Gasteiger partial charge in [-0.05, 0) is 19.8 Å². The first-order valence-corrected chi connectivity index (χ1v) is 5.49. The Morgan fingerprint density at radius 1 is 1.29 bits per heavy atom. The van der Waals surface area contributed by atoms with E-state index in [1.54, 1.807) is 13.8 Å². The average molecular weight is 237 g/mol. The van der Waals surface area contributed by atoms with Crippen molar-refractivity contribution in [2.24, 2.45) is 11.7 Å². The molecule has 6 nitrogen and oxygen atoms in total. The summed E-state index contributed by atoms with van der Waals surface area (Å²) in [5.41, 5.74) is 11.8. The van der Waals surface area contributed by atoms with Crippen LogP contribution in [0.15, 0.2) is 0 Å². The molecule has 0 aromatic carbocycles. The molecule has 1 atom stereocenters. The van der Waals surface area contributed by atoms with Crippen LogP contribution >= 0.6 is 0 Å². The maximum Gasteiger partial charge on any atom is 0.240 e. The number of hydrogen-bond acceptors (Lipinski definition) is 5. The van der Waals surface area contributed by atoms with E-state index >= 15 is 0 Å².